The van der Waals surface area contributed by atoms with Crippen molar-refractivity contribution in [1.82, 2.24) is 0 Å². The smallest absolute Gasteiger partial charge is 0.0887 e. The van der Waals surface area contributed by atoms with Gasteiger partial charge in [0.25, 0.3) is 0 Å². The molecule has 0 radical (unpaired) electrons. The number of aliphatic hydroxyl groups excluding tert-OH is 1. The molecule has 0 bridgehead atoms. The molecule has 0 amide bonds. The lowest BCUT2D eigenvalue weighted by Crippen LogP contribution is -2.40. The SMILES string of the molecule is CC1CCCC(CN)(C(O)c2c(Cl)cccc2Cl)C1. The van der Waals surface area contributed by atoms with Crippen LogP contribution in [0.3, 0.4) is 0 Å². The zero-order chi connectivity index (χ0) is 14.0. The Morgan fingerprint density at radius 1 is 1.42 bits per heavy atom. The van der Waals surface area contributed by atoms with Gasteiger partial charge in [0.1, 0.15) is 0 Å². The summed E-state index contributed by atoms with van der Waals surface area (Å²) >= 11 is 12.4. The van der Waals surface area contributed by atoms with Gasteiger partial charge in [-0.15, -0.1) is 0 Å². The third kappa shape index (κ3) is 2.92. The average molecular weight is 302 g/mol. The Labute approximate surface area is 124 Å². The van der Waals surface area contributed by atoms with Gasteiger partial charge in [-0.05, 0) is 30.9 Å². The highest BCUT2D eigenvalue weighted by atomic mass is 35.5. The molecule has 0 saturated heterocycles. The van der Waals surface area contributed by atoms with E-state index < -0.39 is 6.10 Å². The van der Waals surface area contributed by atoms with Gasteiger partial charge in [0.2, 0.25) is 0 Å². The first-order chi connectivity index (χ1) is 9.00. The zero-order valence-electron chi connectivity index (χ0n) is 11.2. The largest absolute Gasteiger partial charge is 0.388 e. The van der Waals surface area contributed by atoms with E-state index in [1.54, 1.807) is 18.2 Å². The Morgan fingerprint density at radius 3 is 2.58 bits per heavy atom. The van der Waals surface area contributed by atoms with E-state index in [4.69, 9.17) is 28.9 Å². The van der Waals surface area contributed by atoms with Crippen molar-refractivity contribution in [3.05, 3.63) is 33.8 Å². The first kappa shape index (κ1) is 15.1. The Kier molecular flexibility index (Phi) is 4.78. The number of hydrogen-bond acceptors (Lipinski definition) is 2. The fourth-order valence-electron chi connectivity index (χ4n) is 3.32. The van der Waals surface area contributed by atoms with Gasteiger partial charge in [0.05, 0.1) is 6.10 Å². The summed E-state index contributed by atoms with van der Waals surface area (Å²) in [5.74, 6) is 0.577. The molecule has 3 atom stereocenters. The van der Waals surface area contributed by atoms with Crippen molar-refractivity contribution in [3.63, 3.8) is 0 Å². The van der Waals surface area contributed by atoms with Gasteiger partial charge in [-0.25, -0.2) is 0 Å². The van der Waals surface area contributed by atoms with E-state index in [0.717, 1.165) is 19.3 Å². The third-order valence-electron chi connectivity index (χ3n) is 4.39. The molecule has 0 aromatic heterocycles. The summed E-state index contributed by atoms with van der Waals surface area (Å²) in [6.45, 7) is 2.67. The topological polar surface area (TPSA) is 46.2 Å². The highest BCUT2D eigenvalue weighted by Crippen LogP contribution is 2.49. The van der Waals surface area contributed by atoms with Crippen LogP contribution in [0.1, 0.15) is 44.3 Å². The standard InChI is InChI=1S/C15H21Cl2NO/c1-10-4-3-7-15(8-10,9-18)14(19)13-11(16)5-2-6-12(13)17/h2,5-6,10,14,19H,3-4,7-9,18H2,1H3. The number of aliphatic hydroxyl groups is 1. The monoisotopic (exact) mass is 301 g/mol. The van der Waals surface area contributed by atoms with E-state index in [1.165, 1.54) is 6.42 Å². The first-order valence-electron chi connectivity index (χ1n) is 6.82. The van der Waals surface area contributed by atoms with Gasteiger partial charge in [-0.2, -0.15) is 0 Å². The summed E-state index contributed by atoms with van der Waals surface area (Å²) in [7, 11) is 0. The first-order valence-corrected chi connectivity index (χ1v) is 7.58. The fraction of sp³-hybridized carbons (Fsp3) is 0.600. The summed E-state index contributed by atoms with van der Waals surface area (Å²) < 4.78 is 0. The van der Waals surface area contributed by atoms with E-state index in [0.29, 0.717) is 28.1 Å². The lowest BCUT2D eigenvalue weighted by atomic mass is 9.65. The van der Waals surface area contributed by atoms with Crippen molar-refractivity contribution in [2.24, 2.45) is 17.1 Å². The number of hydrogen-bond donors (Lipinski definition) is 2. The summed E-state index contributed by atoms with van der Waals surface area (Å²) in [5, 5.41) is 11.9. The molecule has 4 heteroatoms. The van der Waals surface area contributed by atoms with Crippen LogP contribution in [0.15, 0.2) is 18.2 Å². The van der Waals surface area contributed by atoms with Crippen LogP contribution < -0.4 is 5.73 Å². The van der Waals surface area contributed by atoms with Crippen LogP contribution in [-0.4, -0.2) is 11.7 Å². The molecule has 3 unspecified atom stereocenters. The Morgan fingerprint density at radius 2 is 2.05 bits per heavy atom. The Hall–Kier alpha value is -0.280. The highest BCUT2D eigenvalue weighted by molar-refractivity contribution is 6.36. The molecule has 2 nitrogen and oxygen atoms in total. The number of benzene rings is 1. The molecule has 106 valence electrons. The second kappa shape index (κ2) is 6.01. The van der Waals surface area contributed by atoms with Crippen LogP contribution in [-0.2, 0) is 0 Å². The predicted octanol–water partition coefficient (Wildman–Crippen LogP) is 4.18. The molecule has 1 saturated carbocycles. The lowest BCUT2D eigenvalue weighted by molar-refractivity contribution is -0.0129. The van der Waals surface area contributed by atoms with Crippen molar-refractivity contribution < 1.29 is 5.11 Å². The molecule has 1 aliphatic carbocycles. The van der Waals surface area contributed by atoms with Crippen LogP contribution in [0.5, 0.6) is 0 Å². The molecule has 0 aliphatic heterocycles. The lowest BCUT2D eigenvalue weighted by Gasteiger charge is -2.43. The molecule has 2 rings (SSSR count). The minimum atomic E-state index is -0.693. The normalized spacial score (nSPS) is 29.2. The van der Waals surface area contributed by atoms with E-state index in [2.05, 4.69) is 6.92 Å². The Balaban J connectivity index is 2.38. The molecule has 1 aromatic rings. The van der Waals surface area contributed by atoms with E-state index >= 15 is 0 Å². The minimum absolute atomic E-state index is 0.299. The maximum atomic E-state index is 10.8. The van der Waals surface area contributed by atoms with E-state index in [-0.39, 0.29) is 5.41 Å². The average Bonchev–Trinajstić information content (AvgIpc) is 2.38. The summed E-state index contributed by atoms with van der Waals surface area (Å²) in [4.78, 5) is 0. The van der Waals surface area contributed by atoms with Crippen molar-refractivity contribution in [2.75, 3.05) is 6.54 Å². The number of rotatable bonds is 3. The molecule has 0 spiro atoms. The van der Waals surface area contributed by atoms with Crippen molar-refractivity contribution in [3.8, 4) is 0 Å². The molecule has 0 heterocycles. The molecule has 1 aromatic carbocycles. The maximum absolute atomic E-state index is 10.8. The van der Waals surface area contributed by atoms with Gasteiger partial charge < -0.3 is 10.8 Å². The summed E-state index contributed by atoms with van der Waals surface area (Å²) in [6.07, 6.45) is 3.45. The van der Waals surface area contributed by atoms with Crippen LogP contribution in [0.2, 0.25) is 10.0 Å². The third-order valence-corrected chi connectivity index (χ3v) is 5.05. The van der Waals surface area contributed by atoms with E-state index in [1.807, 2.05) is 0 Å². The second-order valence-electron chi connectivity index (χ2n) is 5.81. The van der Waals surface area contributed by atoms with Crippen LogP contribution in [0, 0.1) is 11.3 Å². The van der Waals surface area contributed by atoms with Crippen molar-refractivity contribution in [1.29, 1.82) is 0 Å². The van der Waals surface area contributed by atoms with Crippen LogP contribution in [0.25, 0.3) is 0 Å². The highest BCUT2D eigenvalue weighted by Gasteiger charge is 2.42. The number of halogens is 2. The molecule has 19 heavy (non-hydrogen) atoms. The van der Waals surface area contributed by atoms with Crippen LogP contribution >= 0.6 is 23.2 Å². The number of nitrogens with two attached hydrogens (primary N) is 1. The molecule has 3 N–H and O–H groups in total. The van der Waals surface area contributed by atoms with Crippen LogP contribution in [0.4, 0.5) is 0 Å². The van der Waals surface area contributed by atoms with Gasteiger partial charge in [0.15, 0.2) is 0 Å². The predicted molar refractivity (Wildman–Crippen MR) is 80.5 cm³/mol. The van der Waals surface area contributed by atoms with Gasteiger partial charge in [-0.1, -0.05) is 49.0 Å². The quantitative estimate of drug-likeness (QED) is 0.879. The van der Waals surface area contributed by atoms with Gasteiger partial charge in [-0.3, -0.25) is 0 Å². The molecule has 1 aliphatic rings. The summed E-state index contributed by atoms with van der Waals surface area (Å²) in [5.41, 5.74) is 6.32. The van der Waals surface area contributed by atoms with Crippen molar-refractivity contribution in [2.45, 2.75) is 38.7 Å². The van der Waals surface area contributed by atoms with Crippen molar-refractivity contribution >= 4 is 23.2 Å². The zero-order valence-corrected chi connectivity index (χ0v) is 12.7. The maximum Gasteiger partial charge on any atom is 0.0887 e. The second-order valence-corrected chi connectivity index (χ2v) is 6.62. The fourth-order valence-corrected chi connectivity index (χ4v) is 3.93. The van der Waals surface area contributed by atoms with Gasteiger partial charge >= 0.3 is 0 Å². The van der Waals surface area contributed by atoms with Gasteiger partial charge in [0, 0.05) is 27.6 Å². The summed E-state index contributed by atoms with van der Waals surface area (Å²) in [6, 6.07) is 5.32. The Bertz CT molecular complexity index is 432. The van der Waals surface area contributed by atoms with E-state index in [9.17, 15) is 5.11 Å². The molecular weight excluding hydrogens is 281 g/mol. The molecule has 1 fully saturated rings. The molecular formula is C15H21Cl2NO. The minimum Gasteiger partial charge on any atom is -0.388 e.